The molecule has 0 saturated heterocycles. The molecule has 3 aromatic carbocycles. The van der Waals surface area contributed by atoms with Crippen molar-refractivity contribution in [3.05, 3.63) is 82.4 Å². The van der Waals surface area contributed by atoms with Crippen molar-refractivity contribution in [3.8, 4) is 5.69 Å². The van der Waals surface area contributed by atoms with Crippen molar-refractivity contribution < 1.29 is 10.1 Å². The maximum Gasteiger partial charge on any atom is 0.269 e. The quantitative estimate of drug-likeness (QED) is 0.212. The van der Waals surface area contributed by atoms with E-state index >= 15 is 0 Å². The maximum atomic E-state index is 11.0. The molecule has 0 aliphatic heterocycles. The Morgan fingerprint density at radius 3 is 2.43 bits per heavy atom. The van der Waals surface area contributed by atoms with Gasteiger partial charge in [0.25, 0.3) is 5.69 Å². The Balaban J connectivity index is 1.97. The summed E-state index contributed by atoms with van der Waals surface area (Å²) in [6, 6.07) is 20.6. The van der Waals surface area contributed by atoms with Gasteiger partial charge in [-0.05, 0) is 36.8 Å². The van der Waals surface area contributed by atoms with Gasteiger partial charge in [0.15, 0.2) is 0 Å². The number of hydrogen-bond donors (Lipinski definition) is 1. The largest absolute Gasteiger partial charge is 0.411 e. The van der Waals surface area contributed by atoms with Gasteiger partial charge in [-0.1, -0.05) is 42.8 Å². The second kappa shape index (κ2) is 7.15. The topological polar surface area (TPSA) is 80.7 Å². The van der Waals surface area contributed by atoms with Crippen LogP contribution in [0.25, 0.3) is 27.5 Å². The highest BCUT2D eigenvalue weighted by molar-refractivity contribution is 6.12. The molecule has 140 valence electrons. The molecule has 1 aromatic heterocycles. The predicted molar refractivity (Wildman–Crippen MR) is 111 cm³/mol. The number of nitro benzene ring substituents is 1. The number of nitro groups is 1. The van der Waals surface area contributed by atoms with E-state index in [1.54, 1.807) is 12.1 Å². The maximum absolute atomic E-state index is 11.0. The summed E-state index contributed by atoms with van der Waals surface area (Å²) >= 11 is 0. The van der Waals surface area contributed by atoms with Crippen LogP contribution in [0.2, 0.25) is 0 Å². The Labute approximate surface area is 161 Å². The molecule has 0 aliphatic carbocycles. The Morgan fingerprint density at radius 2 is 1.75 bits per heavy atom. The summed E-state index contributed by atoms with van der Waals surface area (Å²) in [7, 11) is 0. The Kier molecular flexibility index (Phi) is 4.53. The van der Waals surface area contributed by atoms with Crippen LogP contribution in [-0.4, -0.2) is 20.4 Å². The van der Waals surface area contributed by atoms with E-state index in [1.807, 2.05) is 43.3 Å². The summed E-state index contributed by atoms with van der Waals surface area (Å²) in [5.41, 5.74) is 4.48. The van der Waals surface area contributed by atoms with Gasteiger partial charge in [-0.2, -0.15) is 0 Å². The third kappa shape index (κ3) is 2.89. The fourth-order valence-corrected chi connectivity index (χ4v) is 3.64. The van der Waals surface area contributed by atoms with E-state index in [-0.39, 0.29) is 5.69 Å². The lowest BCUT2D eigenvalue weighted by atomic mass is 10.0. The Morgan fingerprint density at radius 1 is 1.04 bits per heavy atom. The van der Waals surface area contributed by atoms with Crippen LogP contribution >= 0.6 is 0 Å². The molecule has 4 rings (SSSR count). The predicted octanol–water partition coefficient (Wildman–Crippen LogP) is 5.67. The fourth-order valence-electron chi connectivity index (χ4n) is 3.64. The molecular formula is C22H19N3O3. The zero-order valence-corrected chi connectivity index (χ0v) is 15.4. The van der Waals surface area contributed by atoms with Crippen molar-refractivity contribution in [1.82, 2.24) is 4.57 Å². The summed E-state index contributed by atoms with van der Waals surface area (Å²) < 4.78 is 2.09. The van der Waals surface area contributed by atoms with E-state index < -0.39 is 4.92 Å². The first kappa shape index (κ1) is 17.7. The van der Waals surface area contributed by atoms with Gasteiger partial charge in [0.05, 0.1) is 21.7 Å². The first-order valence-corrected chi connectivity index (χ1v) is 9.13. The minimum atomic E-state index is -0.397. The van der Waals surface area contributed by atoms with Gasteiger partial charge < -0.3 is 9.77 Å². The van der Waals surface area contributed by atoms with Crippen molar-refractivity contribution in [3.63, 3.8) is 0 Å². The van der Waals surface area contributed by atoms with E-state index in [9.17, 15) is 15.3 Å². The van der Waals surface area contributed by atoms with E-state index in [1.165, 1.54) is 12.1 Å². The van der Waals surface area contributed by atoms with E-state index in [0.717, 1.165) is 39.5 Å². The molecule has 0 amide bonds. The van der Waals surface area contributed by atoms with E-state index in [2.05, 4.69) is 15.8 Å². The van der Waals surface area contributed by atoms with Gasteiger partial charge in [0, 0.05) is 34.2 Å². The molecule has 1 N–H and O–H groups in total. The number of rotatable bonds is 5. The van der Waals surface area contributed by atoms with Crippen molar-refractivity contribution in [2.24, 2.45) is 5.16 Å². The van der Waals surface area contributed by atoms with E-state index in [4.69, 9.17) is 0 Å². The van der Waals surface area contributed by atoms with Crippen LogP contribution in [0.15, 0.2) is 71.9 Å². The summed E-state index contributed by atoms with van der Waals surface area (Å²) in [6.45, 7) is 2.05. The summed E-state index contributed by atoms with van der Waals surface area (Å²) in [6.07, 6.45) is 1.59. The average Bonchev–Trinajstić information content (AvgIpc) is 3.06. The number of hydrogen-bond acceptors (Lipinski definition) is 4. The second-order valence-electron chi connectivity index (χ2n) is 6.65. The molecule has 1 heterocycles. The van der Waals surface area contributed by atoms with Crippen molar-refractivity contribution >= 4 is 33.2 Å². The third-order valence-electron chi connectivity index (χ3n) is 4.93. The molecule has 28 heavy (non-hydrogen) atoms. The van der Waals surface area contributed by atoms with Gasteiger partial charge in [0.1, 0.15) is 0 Å². The zero-order chi connectivity index (χ0) is 19.7. The van der Waals surface area contributed by atoms with Crippen molar-refractivity contribution in [1.29, 1.82) is 0 Å². The Bertz CT molecular complexity index is 1210. The highest BCUT2D eigenvalue weighted by Crippen LogP contribution is 2.33. The van der Waals surface area contributed by atoms with Crippen molar-refractivity contribution in [2.75, 3.05) is 0 Å². The average molecular weight is 373 g/mol. The molecule has 0 unspecified atom stereocenters. The number of non-ortho nitro benzene ring substituents is 1. The first-order valence-electron chi connectivity index (χ1n) is 9.13. The summed E-state index contributed by atoms with van der Waals surface area (Å²) in [4.78, 5) is 10.6. The smallest absolute Gasteiger partial charge is 0.269 e. The molecular weight excluding hydrogens is 354 g/mol. The number of fused-ring (bicyclic) bond motifs is 3. The standard InChI is InChI=1S/C22H19N3O3/c1-2-5-20(23-26)15-8-13-22-19(14-15)18-6-3-4-7-21(18)24(22)16-9-11-17(12-10-16)25(27)28/h3-4,6-14,26H,2,5H2,1H3. The van der Waals surface area contributed by atoms with Gasteiger partial charge in [0.2, 0.25) is 0 Å². The lowest BCUT2D eigenvalue weighted by molar-refractivity contribution is -0.384. The SMILES string of the molecule is CCCC(=NO)c1ccc2c(c1)c1ccccc1n2-c1ccc([N+](=O)[O-])cc1. The van der Waals surface area contributed by atoms with Gasteiger partial charge in [-0.15, -0.1) is 0 Å². The first-order chi connectivity index (χ1) is 13.6. The van der Waals surface area contributed by atoms with E-state index in [0.29, 0.717) is 12.1 Å². The van der Waals surface area contributed by atoms with Crippen LogP contribution in [0.5, 0.6) is 0 Å². The fraction of sp³-hybridized carbons (Fsp3) is 0.136. The van der Waals surface area contributed by atoms with Crippen LogP contribution in [0.3, 0.4) is 0 Å². The monoisotopic (exact) mass is 373 g/mol. The highest BCUT2D eigenvalue weighted by Gasteiger charge is 2.15. The number of benzene rings is 3. The molecule has 0 spiro atoms. The summed E-state index contributed by atoms with van der Waals surface area (Å²) in [5, 5.41) is 25.9. The molecule has 6 nitrogen and oxygen atoms in total. The van der Waals surface area contributed by atoms with Gasteiger partial charge in [-0.25, -0.2) is 0 Å². The van der Waals surface area contributed by atoms with Crippen LogP contribution in [0.1, 0.15) is 25.3 Å². The normalized spacial score (nSPS) is 12.0. The van der Waals surface area contributed by atoms with Crippen LogP contribution in [0, 0.1) is 10.1 Å². The number of nitrogens with zero attached hydrogens (tertiary/aromatic N) is 3. The lowest BCUT2D eigenvalue weighted by Crippen LogP contribution is -2.00. The third-order valence-corrected chi connectivity index (χ3v) is 4.93. The molecule has 0 aliphatic rings. The molecule has 0 fully saturated rings. The summed E-state index contributed by atoms with van der Waals surface area (Å²) in [5.74, 6) is 0. The minimum absolute atomic E-state index is 0.0650. The van der Waals surface area contributed by atoms with Gasteiger partial charge >= 0.3 is 0 Å². The van der Waals surface area contributed by atoms with Crippen LogP contribution < -0.4 is 0 Å². The molecule has 0 saturated carbocycles. The Hall–Kier alpha value is -3.67. The van der Waals surface area contributed by atoms with Crippen LogP contribution in [-0.2, 0) is 0 Å². The number of aromatic nitrogens is 1. The number of oxime groups is 1. The zero-order valence-electron chi connectivity index (χ0n) is 15.4. The second-order valence-corrected chi connectivity index (χ2v) is 6.65. The number of para-hydroxylation sites is 1. The molecule has 6 heteroatoms. The highest BCUT2D eigenvalue weighted by atomic mass is 16.6. The minimum Gasteiger partial charge on any atom is -0.411 e. The van der Waals surface area contributed by atoms with Crippen molar-refractivity contribution in [2.45, 2.75) is 19.8 Å². The molecule has 0 bridgehead atoms. The molecule has 4 aromatic rings. The molecule has 0 atom stereocenters. The molecule has 0 radical (unpaired) electrons. The van der Waals surface area contributed by atoms with Crippen LogP contribution in [0.4, 0.5) is 5.69 Å². The lowest BCUT2D eigenvalue weighted by Gasteiger charge is -2.08. The van der Waals surface area contributed by atoms with Gasteiger partial charge in [-0.3, -0.25) is 10.1 Å².